The van der Waals surface area contributed by atoms with Gasteiger partial charge in [-0.1, -0.05) is 6.08 Å². The minimum Gasteiger partial charge on any atom is -0.474 e. The van der Waals surface area contributed by atoms with E-state index in [9.17, 15) is 0 Å². The van der Waals surface area contributed by atoms with Crippen molar-refractivity contribution in [1.82, 2.24) is 5.32 Å². The van der Waals surface area contributed by atoms with Crippen molar-refractivity contribution in [3.05, 3.63) is 25.1 Å². The van der Waals surface area contributed by atoms with Gasteiger partial charge in [-0.3, -0.25) is 0 Å². The minimum atomic E-state index is -0.196. The molecular formula is C13H25NO. The molecule has 0 aromatic heterocycles. The summed E-state index contributed by atoms with van der Waals surface area (Å²) in [4.78, 5) is 0. The Kier molecular flexibility index (Phi) is 4.92. The third-order valence-corrected chi connectivity index (χ3v) is 1.88. The number of rotatable bonds is 6. The molecule has 15 heavy (non-hydrogen) atoms. The van der Waals surface area contributed by atoms with Gasteiger partial charge in [-0.25, -0.2) is 0 Å². The molecule has 0 atom stereocenters. The van der Waals surface area contributed by atoms with Crippen molar-refractivity contribution in [3.8, 4) is 0 Å². The Hall–Kier alpha value is -0.920. The largest absolute Gasteiger partial charge is 0.474 e. The third-order valence-electron chi connectivity index (χ3n) is 1.88. The van der Waals surface area contributed by atoms with Crippen LogP contribution in [0.4, 0.5) is 0 Å². The summed E-state index contributed by atoms with van der Waals surface area (Å²) < 4.78 is 5.62. The predicted molar refractivity (Wildman–Crippen MR) is 66.6 cm³/mol. The molecule has 0 radical (unpaired) electrons. The van der Waals surface area contributed by atoms with Gasteiger partial charge >= 0.3 is 0 Å². The first-order valence-corrected chi connectivity index (χ1v) is 5.43. The maximum atomic E-state index is 5.62. The summed E-state index contributed by atoms with van der Waals surface area (Å²) in [5, 5.41) is 3.28. The number of ether oxygens (including phenoxy) is 1. The van der Waals surface area contributed by atoms with Gasteiger partial charge in [0, 0.05) is 5.54 Å². The molecule has 0 saturated heterocycles. The average molecular weight is 211 g/mol. The Morgan fingerprint density at radius 2 is 1.80 bits per heavy atom. The van der Waals surface area contributed by atoms with Crippen LogP contribution in [0.1, 0.15) is 47.5 Å². The highest BCUT2D eigenvalue weighted by Crippen LogP contribution is 2.17. The summed E-state index contributed by atoms with van der Waals surface area (Å²) in [6.07, 6.45) is 3.93. The first-order chi connectivity index (χ1) is 6.66. The van der Waals surface area contributed by atoms with Gasteiger partial charge in [0.15, 0.2) is 5.88 Å². The predicted octanol–water partition coefficient (Wildman–Crippen LogP) is 3.61. The molecule has 0 heterocycles. The van der Waals surface area contributed by atoms with E-state index < -0.39 is 0 Å². The molecule has 0 aliphatic rings. The first kappa shape index (κ1) is 14.1. The number of allylic oxidation sites excluding steroid dienone is 1. The highest BCUT2D eigenvalue weighted by molar-refractivity contribution is 4.92. The van der Waals surface area contributed by atoms with E-state index in [1.54, 1.807) is 0 Å². The molecule has 0 saturated carbocycles. The molecule has 0 amide bonds. The second kappa shape index (κ2) is 5.24. The van der Waals surface area contributed by atoms with Crippen LogP contribution in [0.2, 0.25) is 0 Å². The summed E-state index contributed by atoms with van der Waals surface area (Å²) in [5.74, 6) is 0.636. The first-order valence-electron chi connectivity index (χ1n) is 5.43. The van der Waals surface area contributed by atoms with Gasteiger partial charge in [-0.2, -0.15) is 0 Å². The fraction of sp³-hybridized carbons (Fsp3) is 0.692. The van der Waals surface area contributed by atoms with Crippen LogP contribution < -0.4 is 5.32 Å². The van der Waals surface area contributed by atoms with E-state index in [2.05, 4.69) is 32.3 Å². The molecule has 0 aliphatic heterocycles. The molecule has 1 N–H and O–H groups in total. The Bertz CT molecular complexity index is 223. The molecule has 0 unspecified atom stereocenters. The van der Waals surface area contributed by atoms with Crippen LogP contribution in [0, 0.1) is 0 Å². The summed E-state index contributed by atoms with van der Waals surface area (Å²) in [6.45, 7) is 17.9. The lowest BCUT2D eigenvalue weighted by molar-refractivity contribution is 0.0335. The molecule has 88 valence electrons. The zero-order valence-electron chi connectivity index (χ0n) is 10.8. The summed E-state index contributed by atoms with van der Waals surface area (Å²) in [7, 11) is 0. The molecule has 0 bridgehead atoms. The normalized spacial score (nSPS) is 12.1. The average Bonchev–Trinajstić information content (AvgIpc) is 1.95. The number of nitrogens with one attached hydrogen (secondary N) is 1. The molecule has 0 aliphatic carbocycles. The third kappa shape index (κ3) is 8.10. The van der Waals surface area contributed by atoms with E-state index >= 15 is 0 Å². The van der Waals surface area contributed by atoms with Crippen LogP contribution in [0.3, 0.4) is 0 Å². The Morgan fingerprint density at radius 3 is 2.20 bits per heavy atom. The van der Waals surface area contributed by atoms with Gasteiger partial charge < -0.3 is 10.1 Å². The van der Waals surface area contributed by atoms with Crippen LogP contribution in [-0.2, 0) is 4.74 Å². The maximum absolute atomic E-state index is 5.62. The van der Waals surface area contributed by atoms with Crippen molar-refractivity contribution in [2.75, 3.05) is 0 Å². The molecule has 0 aromatic carbocycles. The molecule has 0 fully saturated rings. The summed E-state index contributed by atoms with van der Waals surface area (Å²) in [5.41, 5.74) is -0.199. The van der Waals surface area contributed by atoms with Crippen molar-refractivity contribution in [2.24, 2.45) is 0 Å². The molecular weight excluding hydrogens is 186 g/mol. The second-order valence-corrected chi connectivity index (χ2v) is 5.47. The summed E-state index contributed by atoms with van der Waals surface area (Å²) >= 11 is 0. The van der Waals surface area contributed by atoms with Crippen molar-refractivity contribution in [2.45, 2.75) is 58.6 Å². The van der Waals surface area contributed by atoms with Crippen molar-refractivity contribution >= 4 is 0 Å². The molecule has 0 aromatic rings. The van der Waals surface area contributed by atoms with E-state index in [0.717, 1.165) is 12.8 Å². The van der Waals surface area contributed by atoms with Crippen LogP contribution in [0.5, 0.6) is 0 Å². The van der Waals surface area contributed by atoms with Gasteiger partial charge in [0.1, 0.15) is 5.60 Å². The van der Waals surface area contributed by atoms with Gasteiger partial charge in [0.05, 0.1) is 0 Å². The molecule has 2 nitrogen and oxygen atoms in total. The van der Waals surface area contributed by atoms with E-state index in [1.807, 2.05) is 26.8 Å². The van der Waals surface area contributed by atoms with E-state index in [0.29, 0.717) is 5.88 Å². The SMILES string of the molecule is C=CCCC(C)(C)NC(=C)OC(C)(C)C. The Balaban J connectivity index is 4.09. The zero-order valence-corrected chi connectivity index (χ0v) is 10.8. The van der Waals surface area contributed by atoms with Gasteiger partial charge in [-0.15, -0.1) is 6.58 Å². The quantitative estimate of drug-likeness (QED) is 0.535. The topological polar surface area (TPSA) is 21.3 Å². The monoisotopic (exact) mass is 211 g/mol. The smallest absolute Gasteiger partial charge is 0.180 e. The molecule has 0 spiro atoms. The summed E-state index contributed by atoms with van der Waals surface area (Å²) in [6, 6.07) is 0. The van der Waals surface area contributed by atoms with Gasteiger partial charge in [-0.05, 0) is 54.0 Å². The van der Waals surface area contributed by atoms with E-state index in [4.69, 9.17) is 4.74 Å². The van der Waals surface area contributed by atoms with Crippen molar-refractivity contribution in [1.29, 1.82) is 0 Å². The van der Waals surface area contributed by atoms with E-state index in [1.165, 1.54) is 0 Å². The lowest BCUT2D eigenvalue weighted by atomic mass is 9.99. The van der Waals surface area contributed by atoms with E-state index in [-0.39, 0.29) is 11.1 Å². The van der Waals surface area contributed by atoms with Gasteiger partial charge in [0.2, 0.25) is 0 Å². The Labute approximate surface area is 94.4 Å². The molecule has 0 rings (SSSR count). The van der Waals surface area contributed by atoms with Crippen LogP contribution in [0.15, 0.2) is 25.1 Å². The number of hydrogen-bond acceptors (Lipinski definition) is 2. The fourth-order valence-corrected chi connectivity index (χ4v) is 1.30. The van der Waals surface area contributed by atoms with Gasteiger partial charge in [0.25, 0.3) is 0 Å². The highest BCUT2D eigenvalue weighted by atomic mass is 16.5. The lowest BCUT2D eigenvalue weighted by Crippen LogP contribution is -2.40. The maximum Gasteiger partial charge on any atom is 0.180 e. The van der Waals surface area contributed by atoms with Crippen molar-refractivity contribution in [3.63, 3.8) is 0 Å². The molecule has 2 heteroatoms. The highest BCUT2D eigenvalue weighted by Gasteiger charge is 2.20. The standard InChI is InChI=1S/C13H25NO/c1-8-9-10-13(6,7)14-11(2)15-12(3,4)5/h8,14H,1-2,9-10H2,3-7H3. The second-order valence-electron chi connectivity index (χ2n) is 5.47. The van der Waals surface area contributed by atoms with Crippen molar-refractivity contribution < 1.29 is 4.74 Å². The lowest BCUT2D eigenvalue weighted by Gasteiger charge is -2.31. The Morgan fingerprint density at radius 1 is 1.27 bits per heavy atom. The fourth-order valence-electron chi connectivity index (χ4n) is 1.30. The van der Waals surface area contributed by atoms with Crippen LogP contribution in [0.25, 0.3) is 0 Å². The minimum absolute atomic E-state index is 0.00345. The van der Waals surface area contributed by atoms with Crippen LogP contribution in [-0.4, -0.2) is 11.1 Å². The zero-order chi connectivity index (χ0) is 12.1. The number of hydrogen-bond donors (Lipinski definition) is 1. The van der Waals surface area contributed by atoms with Crippen LogP contribution >= 0.6 is 0 Å².